The highest BCUT2D eigenvalue weighted by atomic mass is 35.5. The fourth-order valence-corrected chi connectivity index (χ4v) is 2.94. The van der Waals surface area contributed by atoms with Crippen LogP contribution in [0.3, 0.4) is 0 Å². The van der Waals surface area contributed by atoms with E-state index in [9.17, 15) is 9.59 Å². The molecule has 3 aromatic rings. The van der Waals surface area contributed by atoms with Crippen LogP contribution < -0.4 is 10.6 Å². The quantitative estimate of drug-likeness (QED) is 0.714. The molecule has 2 N–H and O–H groups in total. The Labute approximate surface area is 157 Å². The summed E-state index contributed by atoms with van der Waals surface area (Å²) in [7, 11) is 0. The van der Waals surface area contributed by atoms with E-state index in [1.165, 1.54) is 0 Å². The molecule has 0 fully saturated rings. The van der Waals surface area contributed by atoms with Crippen LogP contribution in [0.5, 0.6) is 0 Å². The van der Waals surface area contributed by atoms with Gasteiger partial charge in [-0.2, -0.15) is 0 Å². The van der Waals surface area contributed by atoms with E-state index < -0.39 is 0 Å². The number of hydrogen-bond acceptors (Lipinski definition) is 2. The third-order valence-corrected chi connectivity index (χ3v) is 4.38. The minimum Gasteiger partial charge on any atom is -0.348 e. The molecule has 0 aromatic heterocycles. The lowest BCUT2D eigenvalue weighted by Gasteiger charge is -2.15. The molecule has 0 saturated carbocycles. The van der Waals surface area contributed by atoms with E-state index >= 15 is 0 Å². The van der Waals surface area contributed by atoms with Gasteiger partial charge in [0.2, 0.25) is 5.91 Å². The topological polar surface area (TPSA) is 58.2 Å². The number of hydrogen-bond donors (Lipinski definition) is 2. The highest BCUT2D eigenvalue weighted by molar-refractivity contribution is 6.31. The fraction of sp³-hybridized carbons (Fsp3) is 0.143. The van der Waals surface area contributed by atoms with E-state index in [0.29, 0.717) is 10.6 Å². The van der Waals surface area contributed by atoms with Crippen molar-refractivity contribution in [1.29, 1.82) is 0 Å². The normalized spacial score (nSPS) is 11.8. The Kier molecular flexibility index (Phi) is 5.54. The molecular weight excluding hydrogens is 348 g/mol. The number of carbonyl (C=O) groups is 2. The fourth-order valence-electron chi connectivity index (χ4n) is 2.75. The maximum atomic E-state index is 12.1. The molecule has 1 unspecified atom stereocenters. The molecule has 0 spiro atoms. The number of nitrogens with one attached hydrogen (secondary N) is 2. The first-order chi connectivity index (χ1) is 12.5. The lowest BCUT2D eigenvalue weighted by Crippen LogP contribution is -2.38. The molecule has 3 rings (SSSR count). The van der Waals surface area contributed by atoms with Crippen molar-refractivity contribution in [3.63, 3.8) is 0 Å². The molecule has 1 atom stereocenters. The zero-order chi connectivity index (χ0) is 18.5. The Hall–Kier alpha value is -2.85. The second-order valence-electron chi connectivity index (χ2n) is 6.09. The van der Waals surface area contributed by atoms with E-state index in [-0.39, 0.29) is 24.4 Å². The third-order valence-electron chi connectivity index (χ3n) is 4.15. The van der Waals surface area contributed by atoms with Crippen LogP contribution in [0.25, 0.3) is 10.8 Å². The van der Waals surface area contributed by atoms with E-state index in [2.05, 4.69) is 16.7 Å². The summed E-state index contributed by atoms with van der Waals surface area (Å²) < 4.78 is 0. The van der Waals surface area contributed by atoms with Gasteiger partial charge in [-0.25, -0.2) is 0 Å². The lowest BCUT2D eigenvalue weighted by molar-refractivity contribution is -0.120. The Morgan fingerprint density at radius 1 is 0.962 bits per heavy atom. The molecular formula is C21H19ClN2O2. The first kappa shape index (κ1) is 18.0. The van der Waals surface area contributed by atoms with Gasteiger partial charge in [0.05, 0.1) is 12.6 Å². The number of amides is 2. The minimum absolute atomic E-state index is 0.0940. The van der Waals surface area contributed by atoms with Crippen LogP contribution in [0.1, 0.15) is 28.9 Å². The maximum Gasteiger partial charge on any atom is 0.251 e. The van der Waals surface area contributed by atoms with E-state index in [0.717, 1.165) is 16.3 Å². The van der Waals surface area contributed by atoms with Gasteiger partial charge in [0.25, 0.3) is 5.91 Å². The molecule has 26 heavy (non-hydrogen) atoms. The maximum absolute atomic E-state index is 12.1. The number of fused-ring (bicyclic) bond motifs is 1. The van der Waals surface area contributed by atoms with E-state index in [1.54, 1.807) is 24.3 Å². The number of carbonyl (C=O) groups excluding carboxylic acids is 2. The van der Waals surface area contributed by atoms with Crippen LogP contribution in [-0.4, -0.2) is 18.4 Å². The second kappa shape index (κ2) is 8.02. The SMILES string of the molecule is CC(NC(=O)CNC(=O)c1cccc(Cl)c1)c1ccc2ccccc2c1. The molecule has 0 aliphatic heterocycles. The Bertz CT molecular complexity index is 955. The van der Waals surface area contributed by atoms with Gasteiger partial charge in [-0.15, -0.1) is 0 Å². The molecule has 2 amide bonds. The number of rotatable bonds is 5. The average molecular weight is 367 g/mol. The van der Waals surface area contributed by atoms with Crippen molar-refractivity contribution in [3.8, 4) is 0 Å². The monoisotopic (exact) mass is 366 g/mol. The van der Waals surface area contributed by atoms with Crippen LogP contribution in [0.2, 0.25) is 5.02 Å². The summed E-state index contributed by atoms with van der Waals surface area (Å²) in [6.45, 7) is 1.82. The molecule has 0 aliphatic rings. The number of benzene rings is 3. The summed E-state index contributed by atoms with van der Waals surface area (Å²) in [5, 5.41) is 8.26. The lowest BCUT2D eigenvalue weighted by atomic mass is 10.0. The van der Waals surface area contributed by atoms with Crippen LogP contribution in [-0.2, 0) is 4.79 Å². The van der Waals surface area contributed by atoms with Gasteiger partial charge in [0.15, 0.2) is 0 Å². The molecule has 0 heterocycles. The molecule has 3 aromatic carbocycles. The largest absolute Gasteiger partial charge is 0.348 e. The third kappa shape index (κ3) is 4.41. The van der Waals surface area contributed by atoms with Crippen molar-refractivity contribution >= 4 is 34.2 Å². The van der Waals surface area contributed by atoms with Crippen molar-refractivity contribution in [1.82, 2.24) is 10.6 Å². The minimum atomic E-state index is -0.332. The summed E-state index contributed by atoms with van der Waals surface area (Å²) in [5.41, 5.74) is 1.44. The smallest absolute Gasteiger partial charge is 0.251 e. The summed E-state index contributed by atoms with van der Waals surface area (Å²) in [4.78, 5) is 24.2. The van der Waals surface area contributed by atoms with Gasteiger partial charge in [-0.3, -0.25) is 9.59 Å². The Balaban J connectivity index is 1.57. The molecule has 0 radical (unpaired) electrons. The van der Waals surface area contributed by atoms with E-state index in [4.69, 9.17) is 11.6 Å². The second-order valence-corrected chi connectivity index (χ2v) is 6.53. The van der Waals surface area contributed by atoms with Crippen molar-refractivity contribution in [2.24, 2.45) is 0 Å². The van der Waals surface area contributed by atoms with Gasteiger partial charge < -0.3 is 10.6 Å². The summed E-state index contributed by atoms with van der Waals surface area (Å²) in [6, 6.07) is 20.6. The molecule has 0 saturated heterocycles. The Morgan fingerprint density at radius 3 is 2.50 bits per heavy atom. The van der Waals surface area contributed by atoms with Crippen LogP contribution >= 0.6 is 11.6 Å². The van der Waals surface area contributed by atoms with Gasteiger partial charge in [-0.1, -0.05) is 54.1 Å². The Morgan fingerprint density at radius 2 is 1.73 bits per heavy atom. The van der Waals surface area contributed by atoms with Crippen molar-refractivity contribution in [2.75, 3.05) is 6.54 Å². The van der Waals surface area contributed by atoms with Gasteiger partial charge in [-0.05, 0) is 47.5 Å². The molecule has 5 heteroatoms. The summed E-state index contributed by atoms with van der Waals surface area (Å²) in [6.07, 6.45) is 0. The first-order valence-corrected chi connectivity index (χ1v) is 8.72. The zero-order valence-corrected chi connectivity index (χ0v) is 15.1. The van der Waals surface area contributed by atoms with Gasteiger partial charge >= 0.3 is 0 Å². The highest BCUT2D eigenvalue weighted by Gasteiger charge is 2.12. The predicted molar refractivity (Wildman–Crippen MR) is 104 cm³/mol. The van der Waals surface area contributed by atoms with Crippen LogP contribution in [0, 0.1) is 0 Å². The predicted octanol–water partition coefficient (Wildman–Crippen LogP) is 4.10. The molecule has 132 valence electrons. The number of halogens is 1. The highest BCUT2D eigenvalue weighted by Crippen LogP contribution is 2.20. The van der Waals surface area contributed by atoms with Crippen LogP contribution in [0.4, 0.5) is 0 Å². The zero-order valence-electron chi connectivity index (χ0n) is 14.3. The average Bonchev–Trinajstić information content (AvgIpc) is 2.65. The summed E-state index contributed by atoms with van der Waals surface area (Å²) in [5.74, 6) is -0.581. The first-order valence-electron chi connectivity index (χ1n) is 8.35. The molecule has 4 nitrogen and oxygen atoms in total. The van der Waals surface area contributed by atoms with E-state index in [1.807, 2.05) is 43.3 Å². The molecule has 0 aliphatic carbocycles. The standard InChI is InChI=1S/C21H19ClN2O2/c1-14(16-10-9-15-5-2-3-6-17(15)11-16)24-20(25)13-23-21(26)18-7-4-8-19(22)12-18/h2-12,14H,13H2,1H3,(H,23,26)(H,24,25). The van der Waals surface area contributed by atoms with Gasteiger partial charge in [0, 0.05) is 10.6 Å². The van der Waals surface area contributed by atoms with Gasteiger partial charge in [0.1, 0.15) is 0 Å². The van der Waals surface area contributed by atoms with Crippen molar-refractivity contribution < 1.29 is 9.59 Å². The van der Waals surface area contributed by atoms with Crippen molar-refractivity contribution in [3.05, 3.63) is 82.9 Å². The van der Waals surface area contributed by atoms with Crippen LogP contribution in [0.15, 0.2) is 66.7 Å². The molecule has 0 bridgehead atoms. The van der Waals surface area contributed by atoms with Crippen molar-refractivity contribution in [2.45, 2.75) is 13.0 Å². The summed E-state index contributed by atoms with van der Waals surface area (Å²) >= 11 is 5.87.